The van der Waals surface area contributed by atoms with Crippen molar-refractivity contribution in [3.05, 3.63) is 84.9 Å². The molecule has 6 rings (SSSR count). The van der Waals surface area contributed by atoms with E-state index in [1.807, 2.05) is 17.8 Å². The van der Waals surface area contributed by atoms with Crippen molar-refractivity contribution in [2.45, 2.75) is 28.5 Å². The fraction of sp³-hybridized carbons (Fsp3) is 0.321. The third kappa shape index (κ3) is 3.85. The van der Waals surface area contributed by atoms with Crippen molar-refractivity contribution in [3.63, 3.8) is 0 Å². The van der Waals surface area contributed by atoms with E-state index in [0.29, 0.717) is 11.9 Å². The summed E-state index contributed by atoms with van der Waals surface area (Å²) < 4.78 is 0. The van der Waals surface area contributed by atoms with Gasteiger partial charge in [0.05, 0.1) is 12.4 Å². The topological polar surface area (TPSA) is 38.8 Å². The minimum absolute atomic E-state index is 0.187. The van der Waals surface area contributed by atoms with Gasteiger partial charge in [-0.2, -0.15) is 0 Å². The third-order valence-corrected chi connectivity index (χ3v) is 8.68. The number of carbonyl (C=O) groups excluding carboxylic acids is 1. The number of rotatable bonds is 4. The minimum atomic E-state index is -0.416. The fourth-order valence-electron chi connectivity index (χ4n) is 5.67. The molecule has 1 atom stereocenters. The second kappa shape index (κ2) is 9.01. The molecule has 1 spiro atoms. The van der Waals surface area contributed by atoms with Crippen molar-refractivity contribution >= 4 is 34.7 Å². The summed E-state index contributed by atoms with van der Waals surface area (Å²) in [7, 11) is 0. The summed E-state index contributed by atoms with van der Waals surface area (Å²) in [4.78, 5) is 21.6. The second-order valence-corrected chi connectivity index (χ2v) is 10.8. The molecule has 2 fully saturated rings. The maximum Gasteiger partial charge on any atom is 0.247 e. The highest BCUT2D eigenvalue weighted by atomic mass is 32.2. The molecular formula is C28H30N4OS. The van der Waals surface area contributed by atoms with Gasteiger partial charge in [0.25, 0.3) is 0 Å². The van der Waals surface area contributed by atoms with E-state index in [-0.39, 0.29) is 5.91 Å². The summed E-state index contributed by atoms with van der Waals surface area (Å²) in [5, 5.41) is 3.60. The Labute approximate surface area is 205 Å². The number of carbonyl (C=O) groups is 1. The predicted molar refractivity (Wildman–Crippen MR) is 140 cm³/mol. The van der Waals surface area contributed by atoms with Crippen LogP contribution in [0.5, 0.6) is 0 Å². The van der Waals surface area contributed by atoms with Gasteiger partial charge < -0.3 is 20.0 Å². The van der Waals surface area contributed by atoms with E-state index in [1.54, 1.807) is 0 Å². The van der Waals surface area contributed by atoms with Gasteiger partial charge in [-0.3, -0.25) is 4.79 Å². The average molecular weight is 471 g/mol. The molecule has 1 N–H and O–H groups in total. The molecular weight excluding hydrogens is 440 g/mol. The van der Waals surface area contributed by atoms with Gasteiger partial charge in [0.1, 0.15) is 5.54 Å². The first-order valence-electron chi connectivity index (χ1n) is 12.1. The Kier molecular flexibility index (Phi) is 5.71. The largest absolute Gasteiger partial charge is 0.339 e. The van der Waals surface area contributed by atoms with Crippen LogP contribution in [0.15, 0.2) is 89.8 Å². The first kappa shape index (κ1) is 21.6. The van der Waals surface area contributed by atoms with Crippen LogP contribution in [0.4, 0.5) is 17.1 Å². The van der Waals surface area contributed by atoms with E-state index in [9.17, 15) is 4.79 Å². The van der Waals surface area contributed by atoms with Gasteiger partial charge in [0.2, 0.25) is 5.91 Å². The quantitative estimate of drug-likeness (QED) is 0.597. The number of para-hydroxylation sites is 3. The molecule has 34 heavy (non-hydrogen) atoms. The van der Waals surface area contributed by atoms with Crippen LogP contribution in [-0.4, -0.2) is 54.4 Å². The van der Waals surface area contributed by atoms with Gasteiger partial charge in [-0.15, -0.1) is 11.8 Å². The number of nitrogens with zero attached hydrogens (tertiary/aromatic N) is 3. The smallest absolute Gasteiger partial charge is 0.247 e. The van der Waals surface area contributed by atoms with E-state index in [1.165, 1.54) is 16.3 Å². The van der Waals surface area contributed by atoms with Crippen LogP contribution in [0.3, 0.4) is 0 Å². The molecule has 3 heterocycles. The number of piperidine rings is 1. The van der Waals surface area contributed by atoms with E-state index >= 15 is 0 Å². The second-order valence-electron chi connectivity index (χ2n) is 9.41. The van der Waals surface area contributed by atoms with Crippen molar-refractivity contribution in [2.75, 3.05) is 42.6 Å². The summed E-state index contributed by atoms with van der Waals surface area (Å²) in [6, 6.07) is 29.8. The third-order valence-electron chi connectivity index (χ3n) is 7.45. The van der Waals surface area contributed by atoms with Crippen LogP contribution in [0.25, 0.3) is 0 Å². The normalized spacial score (nSPS) is 22.0. The first-order chi connectivity index (χ1) is 16.7. The average Bonchev–Trinajstić information content (AvgIpc) is 3.21. The molecule has 174 valence electrons. The highest BCUT2D eigenvalue weighted by Gasteiger charge is 2.50. The molecule has 3 aromatic rings. The summed E-state index contributed by atoms with van der Waals surface area (Å²) in [6.07, 6.45) is 1.73. The molecule has 0 radical (unpaired) electrons. The first-order valence-corrected chi connectivity index (χ1v) is 13.0. The lowest BCUT2D eigenvalue weighted by molar-refractivity contribution is -0.125. The molecule has 0 aromatic heterocycles. The Bertz CT molecular complexity index is 1150. The molecule has 6 heteroatoms. The Balaban J connectivity index is 1.17. The van der Waals surface area contributed by atoms with Crippen LogP contribution in [0.1, 0.15) is 12.8 Å². The van der Waals surface area contributed by atoms with Gasteiger partial charge in [-0.25, -0.2) is 0 Å². The summed E-state index contributed by atoms with van der Waals surface area (Å²) in [6.45, 7) is 4.51. The number of fused-ring (bicyclic) bond motifs is 1. The zero-order valence-corrected chi connectivity index (χ0v) is 20.1. The van der Waals surface area contributed by atoms with Gasteiger partial charge in [-0.1, -0.05) is 48.5 Å². The van der Waals surface area contributed by atoms with Crippen LogP contribution >= 0.6 is 11.8 Å². The highest BCUT2D eigenvalue weighted by molar-refractivity contribution is 8.00. The molecule has 1 amide bonds. The zero-order chi connectivity index (χ0) is 23.0. The Morgan fingerprint density at radius 2 is 1.50 bits per heavy atom. The number of nitrogens with one attached hydrogen (secondary N) is 1. The number of benzene rings is 3. The molecule has 0 bridgehead atoms. The molecule has 3 aromatic carbocycles. The van der Waals surface area contributed by atoms with Crippen molar-refractivity contribution in [3.8, 4) is 0 Å². The predicted octanol–water partition coefficient (Wildman–Crippen LogP) is 4.73. The zero-order valence-electron chi connectivity index (χ0n) is 19.3. The number of amides is 1. The minimum Gasteiger partial charge on any atom is -0.339 e. The van der Waals surface area contributed by atoms with Crippen molar-refractivity contribution in [1.29, 1.82) is 0 Å². The molecule has 0 aliphatic carbocycles. The Hall–Kier alpha value is -2.96. The maximum absolute atomic E-state index is 13.0. The monoisotopic (exact) mass is 470 g/mol. The lowest BCUT2D eigenvalue weighted by atomic mass is 9.85. The lowest BCUT2D eigenvalue weighted by Crippen LogP contribution is -2.57. The summed E-state index contributed by atoms with van der Waals surface area (Å²) in [5.41, 5.74) is 3.26. The highest BCUT2D eigenvalue weighted by Crippen LogP contribution is 2.43. The molecule has 3 aliphatic heterocycles. The van der Waals surface area contributed by atoms with Crippen molar-refractivity contribution in [1.82, 2.24) is 10.2 Å². The lowest BCUT2D eigenvalue weighted by Gasteiger charge is -2.45. The SMILES string of the molecule is O=C1NCN(c2ccccc2)C12CCN(CC1CN(c3ccccc3)c3ccccc3S1)CC2. The number of likely N-dealkylation sites (tertiary alicyclic amines) is 1. The molecule has 0 saturated carbocycles. The number of hydrogen-bond acceptors (Lipinski definition) is 5. The van der Waals surface area contributed by atoms with Crippen molar-refractivity contribution < 1.29 is 4.79 Å². The van der Waals surface area contributed by atoms with Gasteiger partial charge in [0, 0.05) is 47.7 Å². The Morgan fingerprint density at radius 3 is 2.24 bits per heavy atom. The standard InChI is InChI=1S/C28H30N4OS/c33-27-28(32(21-29-27)23-11-5-2-6-12-23)15-17-30(18-16-28)19-24-20-31(22-9-3-1-4-10-22)25-13-7-8-14-26(25)34-24/h1-14,24H,15-21H2,(H,29,33). The van der Waals surface area contributed by atoms with E-state index in [4.69, 9.17) is 0 Å². The van der Waals surface area contributed by atoms with Crippen LogP contribution in [0, 0.1) is 0 Å². The molecule has 2 saturated heterocycles. The molecule has 5 nitrogen and oxygen atoms in total. The van der Waals surface area contributed by atoms with Crippen LogP contribution in [-0.2, 0) is 4.79 Å². The van der Waals surface area contributed by atoms with Gasteiger partial charge in [0.15, 0.2) is 0 Å². The van der Waals surface area contributed by atoms with Crippen LogP contribution in [0.2, 0.25) is 0 Å². The number of anilines is 3. The van der Waals surface area contributed by atoms with E-state index in [0.717, 1.165) is 44.7 Å². The number of hydrogen-bond donors (Lipinski definition) is 1. The molecule has 1 unspecified atom stereocenters. The van der Waals surface area contributed by atoms with Gasteiger partial charge >= 0.3 is 0 Å². The number of thioether (sulfide) groups is 1. The van der Waals surface area contributed by atoms with Crippen LogP contribution < -0.4 is 15.1 Å². The van der Waals surface area contributed by atoms with Crippen molar-refractivity contribution in [2.24, 2.45) is 0 Å². The maximum atomic E-state index is 13.0. The fourth-order valence-corrected chi connectivity index (χ4v) is 7.00. The molecule has 3 aliphatic rings. The Morgan fingerprint density at radius 1 is 0.853 bits per heavy atom. The summed E-state index contributed by atoms with van der Waals surface area (Å²) in [5.74, 6) is 0.187. The van der Waals surface area contributed by atoms with E-state index < -0.39 is 5.54 Å². The van der Waals surface area contributed by atoms with Gasteiger partial charge in [-0.05, 0) is 49.2 Å². The summed E-state index contributed by atoms with van der Waals surface area (Å²) >= 11 is 2.00. The van der Waals surface area contributed by atoms with E-state index in [2.05, 4.69) is 98.9 Å².